The molecule has 15 heteroatoms. The molecule has 0 spiro atoms. The number of rotatable bonds is 42. The van der Waals surface area contributed by atoms with Gasteiger partial charge in [0, 0.05) is 12.8 Å². The third-order valence-electron chi connectivity index (χ3n) is 12.6. The summed E-state index contributed by atoms with van der Waals surface area (Å²) in [5, 5.41) is 72.1. The molecule has 4 unspecified atom stereocenters. The number of allylic oxidation sites excluding steroid dienone is 9. The van der Waals surface area contributed by atoms with Crippen molar-refractivity contribution in [2.45, 2.75) is 248 Å². The van der Waals surface area contributed by atoms with Crippen molar-refractivity contribution in [2.75, 3.05) is 26.4 Å². The molecule has 2 saturated heterocycles. The third-order valence-corrected chi connectivity index (χ3v) is 12.6. The second kappa shape index (κ2) is 41.6. The zero-order chi connectivity index (χ0) is 51.0. The minimum Gasteiger partial charge on any atom is -0.462 e. The van der Waals surface area contributed by atoms with Gasteiger partial charge in [0.25, 0.3) is 0 Å². The fraction of sp³-hybridized carbons (Fsp3) is 0.782. The van der Waals surface area contributed by atoms with Crippen molar-refractivity contribution in [2.24, 2.45) is 0 Å². The molecule has 70 heavy (non-hydrogen) atoms. The second-order valence-electron chi connectivity index (χ2n) is 18.8. The van der Waals surface area contributed by atoms with E-state index in [1.54, 1.807) is 0 Å². The van der Waals surface area contributed by atoms with Crippen molar-refractivity contribution in [1.29, 1.82) is 0 Å². The number of carbonyl (C=O) groups excluding carboxylic acids is 2. The summed E-state index contributed by atoms with van der Waals surface area (Å²) in [5.74, 6) is -0.965. The van der Waals surface area contributed by atoms with E-state index in [4.69, 9.17) is 28.4 Å². The van der Waals surface area contributed by atoms with Crippen molar-refractivity contribution in [1.82, 2.24) is 0 Å². The first-order valence-corrected chi connectivity index (χ1v) is 26.8. The van der Waals surface area contributed by atoms with Gasteiger partial charge in [0.2, 0.25) is 0 Å². The SMILES string of the molecule is C=CCCCCCCCCCCCCCCCC(=O)O[C@@H](COC(=O)CCCCC/C=C/C/C=C/C/C=C/C/C=C/CCCCC)CO[C@@H]1O[C@H](CO[C@@H]2O[C@H](CO)[C@H](O)C(O)C2O)[C@H](O)C(O)C1O. The third kappa shape index (κ3) is 29.0. The molecule has 0 aliphatic carbocycles. The molecule has 0 radical (unpaired) electrons. The highest BCUT2D eigenvalue weighted by Crippen LogP contribution is 2.26. The van der Waals surface area contributed by atoms with Gasteiger partial charge in [0.1, 0.15) is 55.4 Å². The molecule has 404 valence electrons. The van der Waals surface area contributed by atoms with Gasteiger partial charge >= 0.3 is 11.9 Å². The van der Waals surface area contributed by atoms with E-state index in [1.807, 2.05) is 6.08 Å². The summed E-state index contributed by atoms with van der Waals surface area (Å²) in [6, 6.07) is 0. The molecular weight excluding hydrogens is 901 g/mol. The first-order chi connectivity index (χ1) is 34.0. The summed E-state index contributed by atoms with van der Waals surface area (Å²) in [6.07, 6.45) is 29.9. The van der Waals surface area contributed by atoms with Crippen LogP contribution in [0.25, 0.3) is 0 Å². The number of aliphatic hydroxyl groups is 7. The average molecular weight is 995 g/mol. The molecule has 0 aromatic heterocycles. The molecule has 2 aliphatic heterocycles. The van der Waals surface area contributed by atoms with Crippen LogP contribution in [0, 0.1) is 0 Å². The van der Waals surface area contributed by atoms with Crippen molar-refractivity contribution in [3.05, 3.63) is 61.3 Å². The van der Waals surface area contributed by atoms with Crippen LogP contribution in [-0.2, 0) is 38.0 Å². The van der Waals surface area contributed by atoms with Gasteiger partial charge in [0.15, 0.2) is 18.7 Å². The molecule has 2 rings (SSSR count). The van der Waals surface area contributed by atoms with E-state index in [1.165, 1.54) is 77.0 Å². The summed E-state index contributed by atoms with van der Waals surface area (Å²) < 4.78 is 33.6. The van der Waals surface area contributed by atoms with Crippen LogP contribution < -0.4 is 0 Å². The number of aliphatic hydroxyl groups excluding tert-OH is 7. The molecule has 0 bridgehead atoms. The van der Waals surface area contributed by atoms with E-state index in [-0.39, 0.29) is 19.4 Å². The maximum Gasteiger partial charge on any atom is 0.306 e. The fourth-order valence-corrected chi connectivity index (χ4v) is 8.18. The zero-order valence-electron chi connectivity index (χ0n) is 42.6. The summed E-state index contributed by atoms with van der Waals surface area (Å²) in [6.45, 7) is 4.06. The monoisotopic (exact) mass is 995 g/mol. The largest absolute Gasteiger partial charge is 0.462 e. The van der Waals surface area contributed by atoms with Gasteiger partial charge in [-0.15, -0.1) is 6.58 Å². The number of unbranched alkanes of at least 4 members (excludes halogenated alkanes) is 19. The van der Waals surface area contributed by atoms with Crippen LogP contribution in [0.5, 0.6) is 0 Å². The maximum absolute atomic E-state index is 13.0. The van der Waals surface area contributed by atoms with E-state index in [9.17, 15) is 45.3 Å². The zero-order valence-corrected chi connectivity index (χ0v) is 42.6. The lowest BCUT2D eigenvalue weighted by atomic mass is 9.98. The van der Waals surface area contributed by atoms with Crippen LogP contribution >= 0.6 is 0 Å². The number of ether oxygens (including phenoxy) is 6. The highest BCUT2D eigenvalue weighted by molar-refractivity contribution is 5.70. The average Bonchev–Trinajstić information content (AvgIpc) is 3.35. The Labute approximate surface area is 420 Å². The maximum atomic E-state index is 13.0. The van der Waals surface area contributed by atoms with E-state index in [2.05, 4.69) is 62.1 Å². The smallest absolute Gasteiger partial charge is 0.306 e. The summed E-state index contributed by atoms with van der Waals surface area (Å²) in [4.78, 5) is 25.8. The van der Waals surface area contributed by atoms with Crippen molar-refractivity contribution < 1.29 is 73.8 Å². The Kier molecular flexibility index (Phi) is 37.7. The number of hydrogen-bond acceptors (Lipinski definition) is 15. The molecule has 2 aliphatic rings. The number of carbonyl (C=O) groups is 2. The van der Waals surface area contributed by atoms with Gasteiger partial charge in [0.05, 0.1) is 19.8 Å². The Bertz CT molecular complexity index is 1430. The summed E-state index contributed by atoms with van der Waals surface area (Å²) in [5.41, 5.74) is 0. The molecule has 0 aromatic rings. The van der Waals surface area contributed by atoms with Gasteiger partial charge in [-0.1, -0.05) is 151 Å². The predicted octanol–water partition coefficient (Wildman–Crippen LogP) is 8.05. The molecular formula is C55H94O15. The Morgan fingerprint density at radius 3 is 1.46 bits per heavy atom. The Hall–Kier alpha value is -2.80. The second-order valence-corrected chi connectivity index (χ2v) is 18.8. The molecule has 15 nitrogen and oxygen atoms in total. The summed E-state index contributed by atoms with van der Waals surface area (Å²) >= 11 is 0. The van der Waals surface area contributed by atoms with Gasteiger partial charge in [-0.05, 0) is 70.6 Å². The molecule has 7 N–H and O–H groups in total. The van der Waals surface area contributed by atoms with Gasteiger partial charge in [-0.25, -0.2) is 0 Å². The molecule has 0 saturated carbocycles. The van der Waals surface area contributed by atoms with E-state index in [0.29, 0.717) is 12.8 Å². The Morgan fingerprint density at radius 1 is 0.500 bits per heavy atom. The van der Waals surface area contributed by atoms with Gasteiger partial charge < -0.3 is 64.2 Å². The molecule has 0 aromatic carbocycles. The molecule has 11 atom stereocenters. The van der Waals surface area contributed by atoms with E-state index >= 15 is 0 Å². The van der Waals surface area contributed by atoms with E-state index < -0.39 is 99.3 Å². The fourth-order valence-electron chi connectivity index (χ4n) is 8.18. The molecule has 2 fully saturated rings. The number of hydrogen-bond donors (Lipinski definition) is 7. The van der Waals surface area contributed by atoms with Crippen LogP contribution in [-0.4, -0.2) is 142 Å². The van der Waals surface area contributed by atoms with Crippen LogP contribution in [0.4, 0.5) is 0 Å². The number of esters is 2. The minimum absolute atomic E-state index is 0.154. The summed E-state index contributed by atoms with van der Waals surface area (Å²) in [7, 11) is 0. The van der Waals surface area contributed by atoms with Crippen molar-refractivity contribution in [3.8, 4) is 0 Å². The van der Waals surface area contributed by atoms with Crippen molar-refractivity contribution in [3.63, 3.8) is 0 Å². The molecule has 0 amide bonds. The van der Waals surface area contributed by atoms with Crippen LogP contribution in [0.1, 0.15) is 180 Å². The van der Waals surface area contributed by atoms with Crippen molar-refractivity contribution >= 4 is 11.9 Å². The first-order valence-electron chi connectivity index (χ1n) is 26.8. The van der Waals surface area contributed by atoms with Gasteiger partial charge in [-0.2, -0.15) is 0 Å². The minimum atomic E-state index is -1.77. The Morgan fingerprint density at radius 2 is 0.929 bits per heavy atom. The molecule has 2 heterocycles. The van der Waals surface area contributed by atoms with E-state index in [0.717, 1.165) is 70.6 Å². The quantitative estimate of drug-likeness (QED) is 0.0174. The lowest BCUT2D eigenvalue weighted by molar-refractivity contribution is -0.332. The predicted molar refractivity (Wildman–Crippen MR) is 270 cm³/mol. The first kappa shape index (κ1) is 63.3. The van der Waals surface area contributed by atoms with Crippen LogP contribution in [0.3, 0.4) is 0 Å². The van der Waals surface area contributed by atoms with Crippen LogP contribution in [0.15, 0.2) is 61.3 Å². The lowest BCUT2D eigenvalue weighted by Crippen LogP contribution is -2.61. The van der Waals surface area contributed by atoms with Crippen LogP contribution in [0.2, 0.25) is 0 Å². The highest BCUT2D eigenvalue weighted by Gasteiger charge is 2.47. The normalized spacial score (nSPS) is 25.7. The Balaban J connectivity index is 1.80. The lowest BCUT2D eigenvalue weighted by Gasteiger charge is -2.42. The standard InChI is InChI=1S/C55H94O15/c1-3-5-7-9-11-13-15-17-19-20-21-22-24-25-27-29-31-33-35-37-46(57)65-40-43(68-47(58)38-36-34-32-30-28-26-23-18-16-14-12-10-8-6-4-2)41-66-54-53(64)51(62)49(60)45(70-54)42-67-55-52(63)50(61)48(59)44(39-56)69-55/h4,11,13,17,19,21-22,25,27,43-45,48-56,59-64H,2-3,5-10,12,14-16,18,20,23-24,26,28-42H2,1H3/b13-11+,19-17+,22-21+,27-25+/t43-,44+,45+,48-,49-,50?,51?,52?,53?,54+,55+/m0/s1. The topological polar surface area (TPSA) is 231 Å². The van der Waals surface area contributed by atoms with Gasteiger partial charge in [-0.3, -0.25) is 9.59 Å². The highest BCUT2D eigenvalue weighted by atomic mass is 16.7.